The highest BCUT2D eigenvalue weighted by atomic mass is 35.5. The Kier molecular flexibility index (Phi) is 5.61. The van der Waals surface area contributed by atoms with Crippen molar-refractivity contribution in [2.75, 3.05) is 38.0 Å². The van der Waals surface area contributed by atoms with Crippen LogP contribution in [0.5, 0.6) is 0 Å². The van der Waals surface area contributed by atoms with E-state index < -0.39 is 0 Å². The van der Waals surface area contributed by atoms with Crippen LogP contribution in [-0.4, -0.2) is 33.6 Å². The van der Waals surface area contributed by atoms with Crippen LogP contribution in [0.1, 0.15) is 0 Å². The Morgan fingerprint density at radius 1 is 0.773 bits per heavy atom. The number of anilines is 2. The van der Waals surface area contributed by atoms with Crippen LogP contribution in [0.3, 0.4) is 0 Å². The molecule has 0 amide bonds. The van der Waals surface area contributed by atoms with Crippen LogP contribution in [0.4, 0.5) is 11.4 Å². The third-order valence-electron chi connectivity index (χ3n) is 3.60. The molecule has 2 aromatic heterocycles. The van der Waals surface area contributed by atoms with Gasteiger partial charge in [-0.25, -0.2) is 9.13 Å². The van der Waals surface area contributed by atoms with Gasteiger partial charge < -0.3 is 9.80 Å². The summed E-state index contributed by atoms with van der Waals surface area (Å²) in [6.07, 6.45) is 8.30. The first-order chi connectivity index (χ1) is 10.5. The number of hydrogen-bond donors (Lipinski definition) is 0. The molecule has 0 N–H and O–H groups in total. The minimum absolute atomic E-state index is 0.0467. The van der Waals surface area contributed by atoms with E-state index in [4.69, 9.17) is 11.6 Å². The molecular weight excluding hydrogens is 296 g/mol. The van der Waals surface area contributed by atoms with Crippen molar-refractivity contribution in [1.29, 1.82) is 0 Å². The van der Waals surface area contributed by atoms with Gasteiger partial charge in [-0.2, -0.15) is 0 Å². The van der Waals surface area contributed by atoms with E-state index in [1.54, 1.807) is 0 Å². The molecule has 0 aliphatic rings. The Morgan fingerprint density at radius 2 is 1.09 bits per heavy atom. The molecule has 118 valence electrons. The van der Waals surface area contributed by atoms with Gasteiger partial charge in [0.1, 0.15) is 0 Å². The number of aromatic nitrogens is 2. The minimum atomic E-state index is 0.0467. The maximum Gasteiger partial charge on any atom is 0.170 e. The zero-order chi connectivity index (χ0) is 16.1. The van der Waals surface area contributed by atoms with Crippen molar-refractivity contribution in [3.8, 4) is 0 Å². The van der Waals surface area contributed by atoms with E-state index >= 15 is 0 Å². The van der Waals surface area contributed by atoms with Gasteiger partial charge in [0.05, 0.1) is 0 Å². The Morgan fingerprint density at radius 3 is 1.36 bits per heavy atom. The highest BCUT2D eigenvalue weighted by Gasteiger charge is 2.16. The monoisotopic (exact) mass is 320 g/mol. The van der Waals surface area contributed by atoms with Crippen LogP contribution in [-0.2, 0) is 13.1 Å². The first-order valence-corrected chi connectivity index (χ1v) is 7.86. The van der Waals surface area contributed by atoms with Gasteiger partial charge in [0.2, 0.25) is 0 Å². The van der Waals surface area contributed by atoms with Crippen LogP contribution in [0.25, 0.3) is 0 Å². The fourth-order valence-electron chi connectivity index (χ4n) is 2.25. The molecule has 0 aromatic carbocycles. The molecule has 0 saturated carbocycles. The molecule has 0 aliphatic heterocycles. The topological polar surface area (TPSA) is 14.2 Å². The van der Waals surface area contributed by atoms with E-state index in [1.807, 2.05) is 28.2 Å². The molecule has 0 saturated heterocycles. The highest BCUT2D eigenvalue weighted by molar-refractivity contribution is 6.20. The van der Waals surface area contributed by atoms with E-state index in [2.05, 4.69) is 68.0 Å². The van der Waals surface area contributed by atoms with E-state index in [1.165, 1.54) is 11.4 Å². The molecule has 0 bridgehead atoms. The van der Waals surface area contributed by atoms with Gasteiger partial charge in [-0.15, -0.1) is 11.6 Å². The second-order valence-electron chi connectivity index (χ2n) is 5.89. The average Bonchev–Trinajstić information content (AvgIpc) is 2.48. The summed E-state index contributed by atoms with van der Waals surface area (Å²) in [5, 5.41) is 0.0467. The van der Waals surface area contributed by atoms with Gasteiger partial charge >= 0.3 is 0 Å². The van der Waals surface area contributed by atoms with Crippen molar-refractivity contribution >= 4 is 23.0 Å². The van der Waals surface area contributed by atoms with Gasteiger partial charge in [-0.05, 0) is 0 Å². The van der Waals surface area contributed by atoms with E-state index in [-0.39, 0.29) is 5.38 Å². The lowest BCUT2D eigenvalue weighted by Gasteiger charge is -2.11. The third-order valence-corrected chi connectivity index (χ3v) is 3.87. The fraction of sp³-hybridized carbons (Fsp3) is 0.412. The molecule has 4 nitrogen and oxygen atoms in total. The zero-order valence-corrected chi connectivity index (χ0v) is 14.5. The van der Waals surface area contributed by atoms with Crippen LogP contribution in [0, 0.1) is 0 Å². The largest absolute Gasteiger partial charge is 0.377 e. The summed E-state index contributed by atoms with van der Waals surface area (Å²) in [5.74, 6) is 0. The third kappa shape index (κ3) is 4.60. The number of nitrogens with zero attached hydrogens (tertiary/aromatic N) is 4. The predicted octanol–water partition coefficient (Wildman–Crippen LogP) is 1.70. The smallest absolute Gasteiger partial charge is 0.170 e. The van der Waals surface area contributed by atoms with Crippen molar-refractivity contribution in [2.45, 2.75) is 18.5 Å². The van der Waals surface area contributed by atoms with E-state index in [0.717, 1.165) is 13.1 Å². The summed E-state index contributed by atoms with van der Waals surface area (Å²) in [6, 6.07) is 8.40. The molecule has 22 heavy (non-hydrogen) atoms. The molecule has 2 rings (SSSR count). The molecule has 0 atom stereocenters. The lowest BCUT2D eigenvalue weighted by atomic mass is 10.3. The predicted molar refractivity (Wildman–Crippen MR) is 91.6 cm³/mol. The summed E-state index contributed by atoms with van der Waals surface area (Å²) in [5.41, 5.74) is 2.38. The van der Waals surface area contributed by atoms with Gasteiger partial charge in [0.15, 0.2) is 43.3 Å². The second-order valence-corrected chi connectivity index (χ2v) is 6.51. The molecule has 5 heteroatoms. The summed E-state index contributed by atoms with van der Waals surface area (Å²) < 4.78 is 4.25. The van der Waals surface area contributed by atoms with Gasteiger partial charge in [-0.3, -0.25) is 0 Å². The van der Waals surface area contributed by atoms with Gasteiger partial charge in [0, 0.05) is 63.8 Å². The van der Waals surface area contributed by atoms with Crippen LogP contribution < -0.4 is 18.9 Å². The first-order valence-electron chi connectivity index (χ1n) is 7.42. The van der Waals surface area contributed by atoms with E-state index in [9.17, 15) is 0 Å². The quantitative estimate of drug-likeness (QED) is 0.594. The molecular formula is C17H25ClN4+2. The number of alkyl halides is 1. The highest BCUT2D eigenvalue weighted by Crippen LogP contribution is 2.08. The normalized spacial score (nSPS) is 10.8. The number of halogens is 1. The fourth-order valence-corrected chi connectivity index (χ4v) is 2.57. The lowest BCUT2D eigenvalue weighted by Crippen LogP contribution is -2.45. The summed E-state index contributed by atoms with van der Waals surface area (Å²) in [7, 11) is 8.16. The number of hydrogen-bond acceptors (Lipinski definition) is 2. The molecule has 0 unspecified atom stereocenters. The van der Waals surface area contributed by atoms with Crippen LogP contribution in [0.2, 0.25) is 0 Å². The van der Waals surface area contributed by atoms with Gasteiger partial charge in [-0.1, -0.05) is 0 Å². The SMILES string of the molecule is CN(C)c1cc[n+](CC(Cl)C[n+]2ccc(N(C)C)cc2)cc1. The van der Waals surface area contributed by atoms with Crippen molar-refractivity contribution in [3.05, 3.63) is 49.1 Å². The van der Waals surface area contributed by atoms with Crippen LogP contribution >= 0.6 is 11.6 Å². The van der Waals surface area contributed by atoms with Crippen molar-refractivity contribution in [3.63, 3.8) is 0 Å². The zero-order valence-electron chi connectivity index (χ0n) is 13.8. The summed E-state index contributed by atoms with van der Waals surface area (Å²) in [4.78, 5) is 4.18. The minimum Gasteiger partial charge on any atom is -0.377 e. The second kappa shape index (κ2) is 7.45. The lowest BCUT2D eigenvalue weighted by molar-refractivity contribution is -0.725. The van der Waals surface area contributed by atoms with Crippen molar-refractivity contribution in [1.82, 2.24) is 0 Å². The summed E-state index contributed by atoms with van der Waals surface area (Å²) >= 11 is 6.49. The summed E-state index contributed by atoms with van der Waals surface area (Å²) in [6.45, 7) is 1.58. The maximum atomic E-state index is 6.49. The Labute approximate surface area is 138 Å². The molecule has 0 spiro atoms. The Bertz CT molecular complexity index is 525. The van der Waals surface area contributed by atoms with Gasteiger partial charge in [0.25, 0.3) is 0 Å². The molecule has 0 fully saturated rings. The van der Waals surface area contributed by atoms with Crippen molar-refractivity contribution < 1.29 is 9.13 Å². The average molecular weight is 321 g/mol. The number of pyridine rings is 2. The Hall–Kier alpha value is -1.81. The van der Waals surface area contributed by atoms with E-state index in [0.29, 0.717) is 0 Å². The molecule has 0 radical (unpaired) electrons. The Balaban J connectivity index is 1.93. The number of rotatable bonds is 6. The molecule has 0 aliphatic carbocycles. The van der Waals surface area contributed by atoms with Crippen LogP contribution in [0.15, 0.2) is 49.1 Å². The maximum absolute atomic E-state index is 6.49. The standard InChI is InChI=1S/C17H25ClN4/c1-19(2)16-5-9-21(10-6-16)13-15(18)14-22-11-7-17(8-12-22)20(3)4/h5-12,15H,13-14H2,1-4H3/q+2. The molecule has 2 aromatic rings. The molecule has 2 heterocycles. The van der Waals surface area contributed by atoms with Crippen molar-refractivity contribution in [2.24, 2.45) is 0 Å². The first kappa shape index (κ1) is 16.6.